The van der Waals surface area contributed by atoms with E-state index in [1.807, 2.05) is 41.3 Å². The molecule has 0 saturated carbocycles. The molecule has 0 spiro atoms. The number of hydrazone groups is 1. The second-order valence-corrected chi connectivity index (χ2v) is 8.96. The highest BCUT2D eigenvalue weighted by atomic mass is 32.2. The Labute approximate surface area is 195 Å². The van der Waals surface area contributed by atoms with Crippen LogP contribution >= 0.6 is 11.8 Å². The third-order valence-corrected chi connectivity index (χ3v) is 7.04. The number of nitrogens with zero attached hydrogens (tertiary/aromatic N) is 4. The van der Waals surface area contributed by atoms with Gasteiger partial charge in [-0.2, -0.15) is 0 Å². The van der Waals surface area contributed by atoms with Gasteiger partial charge in [0.05, 0.1) is 30.9 Å². The molecule has 4 heterocycles. The van der Waals surface area contributed by atoms with Gasteiger partial charge in [-0.15, -0.1) is 5.10 Å². The number of thioether (sulfide) groups is 1. The largest absolute Gasteiger partial charge is 0.495 e. The molecule has 2 amide bonds. The van der Waals surface area contributed by atoms with Gasteiger partial charge in [0.15, 0.2) is 5.17 Å². The lowest BCUT2D eigenvalue weighted by Crippen LogP contribution is -2.53. The van der Waals surface area contributed by atoms with Crippen molar-refractivity contribution in [3.8, 4) is 5.75 Å². The number of fused-ring (bicyclic) bond motifs is 1. The lowest BCUT2D eigenvalue weighted by molar-refractivity contribution is -0.128. The third-order valence-electron chi connectivity index (χ3n) is 6.11. The molecule has 10 nitrogen and oxygen atoms in total. The Morgan fingerprint density at radius 1 is 1.21 bits per heavy atom. The second kappa shape index (κ2) is 9.36. The molecule has 2 N–H and O–H groups in total. The molecule has 3 aliphatic rings. The number of hydrogen-bond acceptors (Lipinski definition) is 9. The molecule has 0 radical (unpaired) electrons. The van der Waals surface area contributed by atoms with Crippen molar-refractivity contribution in [1.82, 2.24) is 20.8 Å². The SMILES string of the molecule is COc1ccccc1N1CCN(C(=O)CSC2=NNC(=O)C3CC(c4ccco4)NN23)CC1. The first-order chi connectivity index (χ1) is 16.1. The van der Waals surface area contributed by atoms with Crippen LogP contribution in [0.25, 0.3) is 0 Å². The van der Waals surface area contributed by atoms with Crippen LogP contribution in [0, 0.1) is 0 Å². The second-order valence-electron chi connectivity index (χ2n) is 8.02. The molecule has 2 saturated heterocycles. The Bertz CT molecular complexity index is 1040. The zero-order chi connectivity index (χ0) is 22.8. The average molecular weight is 471 g/mol. The minimum absolute atomic E-state index is 0.0533. The van der Waals surface area contributed by atoms with Crippen molar-refractivity contribution in [3.63, 3.8) is 0 Å². The highest BCUT2D eigenvalue weighted by Crippen LogP contribution is 2.32. The van der Waals surface area contributed by atoms with Crippen LogP contribution < -0.4 is 20.5 Å². The monoisotopic (exact) mass is 470 g/mol. The van der Waals surface area contributed by atoms with Gasteiger partial charge in [-0.05, 0) is 24.3 Å². The number of amidine groups is 1. The summed E-state index contributed by atoms with van der Waals surface area (Å²) in [5, 5.41) is 6.51. The minimum Gasteiger partial charge on any atom is -0.495 e. The Morgan fingerprint density at radius 2 is 2.03 bits per heavy atom. The third kappa shape index (κ3) is 4.38. The number of hydrogen-bond donors (Lipinski definition) is 2. The molecule has 11 heteroatoms. The van der Waals surface area contributed by atoms with E-state index in [4.69, 9.17) is 9.15 Å². The number of para-hydroxylation sites is 2. The van der Waals surface area contributed by atoms with Crippen LogP contribution in [0.2, 0.25) is 0 Å². The van der Waals surface area contributed by atoms with Crippen LogP contribution in [-0.2, 0) is 9.59 Å². The number of rotatable bonds is 5. The smallest absolute Gasteiger partial charge is 0.264 e. The predicted octanol–water partition coefficient (Wildman–Crippen LogP) is 1.39. The van der Waals surface area contributed by atoms with Gasteiger partial charge in [-0.1, -0.05) is 23.9 Å². The molecule has 0 bridgehead atoms. The normalized spacial score (nSPS) is 22.6. The summed E-state index contributed by atoms with van der Waals surface area (Å²) in [6, 6.07) is 11.1. The number of amides is 2. The van der Waals surface area contributed by atoms with Gasteiger partial charge in [0, 0.05) is 32.6 Å². The number of carbonyl (C=O) groups is 2. The van der Waals surface area contributed by atoms with Crippen LogP contribution in [0.4, 0.5) is 5.69 Å². The summed E-state index contributed by atoms with van der Waals surface area (Å²) in [5.74, 6) is 1.74. The molecule has 5 rings (SSSR count). The molecule has 33 heavy (non-hydrogen) atoms. The molecule has 1 aromatic heterocycles. The van der Waals surface area contributed by atoms with Gasteiger partial charge in [0.25, 0.3) is 5.91 Å². The van der Waals surface area contributed by atoms with Gasteiger partial charge < -0.3 is 19.0 Å². The number of benzene rings is 1. The van der Waals surface area contributed by atoms with E-state index < -0.39 is 0 Å². The Hall–Kier alpha value is -3.18. The number of anilines is 1. The van der Waals surface area contributed by atoms with E-state index in [0.29, 0.717) is 24.7 Å². The molecule has 174 valence electrons. The Balaban J connectivity index is 1.16. The number of nitrogens with one attached hydrogen (secondary N) is 2. The van der Waals surface area contributed by atoms with Crippen molar-refractivity contribution in [2.24, 2.45) is 5.10 Å². The van der Waals surface area contributed by atoms with E-state index in [2.05, 4.69) is 20.9 Å². The molecule has 2 atom stereocenters. The summed E-state index contributed by atoms with van der Waals surface area (Å²) in [6.07, 6.45) is 2.18. The van der Waals surface area contributed by atoms with Gasteiger partial charge >= 0.3 is 0 Å². The lowest BCUT2D eigenvalue weighted by atomic mass is 10.1. The summed E-state index contributed by atoms with van der Waals surface area (Å²) in [7, 11) is 1.67. The van der Waals surface area contributed by atoms with Crippen LogP contribution in [0.1, 0.15) is 18.2 Å². The van der Waals surface area contributed by atoms with E-state index in [-0.39, 0.29) is 29.7 Å². The molecule has 2 aromatic rings. The maximum atomic E-state index is 12.9. The van der Waals surface area contributed by atoms with Crippen molar-refractivity contribution in [2.75, 3.05) is 43.9 Å². The van der Waals surface area contributed by atoms with Gasteiger partial charge in [-0.25, -0.2) is 10.9 Å². The van der Waals surface area contributed by atoms with Crippen molar-refractivity contribution in [2.45, 2.75) is 18.5 Å². The molecule has 2 unspecified atom stereocenters. The van der Waals surface area contributed by atoms with Crippen molar-refractivity contribution in [1.29, 1.82) is 0 Å². The first kappa shape index (κ1) is 21.7. The van der Waals surface area contributed by atoms with E-state index >= 15 is 0 Å². The Kier molecular flexibility index (Phi) is 6.14. The van der Waals surface area contributed by atoms with E-state index in [1.165, 1.54) is 11.8 Å². The zero-order valence-corrected chi connectivity index (χ0v) is 19.1. The highest BCUT2D eigenvalue weighted by molar-refractivity contribution is 8.14. The van der Waals surface area contributed by atoms with E-state index in [1.54, 1.807) is 18.4 Å². The molecule has 0 aliphatic carbocycles. The van der Waals surface area contributed by atoms with Crippen molar-refractivity contribution in [3.05, 3.63) is 48.4 Å². The number of methoxy groups -OCH3 is 1. The van der Waals surface area contributed by atoms with Crippen LogP contribution in [-0.4, -0.2) is 72.0 Å². The number of hydrazine groups is 1. The predicted molar refractivity (Wildman–Crippen MR) is 125 cm³/mol. The summed E-state index contributed by atoms with van der Waals surface area (Å²) >= 11 is 1.32. The maximum Gasteiger partial charge on any atom is 0.264 e. The minimum atomic E-state index is -0.389. The zero-order valence-electron chi connectivity index (χ0n) is 18.3. The van der Waals surface area contributed by atoms with Crippen LogP contribution in [0.3, 0.4) is 0 Å². The fourth-order valence-electron chi connectivity index (χ4n) is 4.36. The number of carbonyl (C=O) groups excluding carboxylic acids is 2. The molecular formula is C22H26N6O4S. The molecule has 3 aliphatic heterocycles. The summed E-state index contributed by atoms with van der Waals surface area (Å²) < 4.78 is 11.0. The topological polar surface area (TPSA) is 103 Å². The fourth-order valence-corrected chi connectivity index (χ4v) is 5.22. The average Bonchev–Trinajstić information content (AvgIpc) is 3.54. The summed E-state index contributed by atoms with van der Waals surface area (Å²) in [5.41, 5.74) is 6.92. The standard InChI is InChI=1S/C22H26N6O4S/c1-31-19-6-3-2-5-16(19)26-8-10-27(11-9-26)20(29)14-33-22-24-23-21(30)17-13-15(25-28(17)22)18-7-4-12-32-18/h2-7,12,15,17,25H,8-11,13-14H2,1H3,(H,23,30). The Morgan fingerprint density at radius 3 is 2.79 bits per heavy atom. The molecule has 1 aromatic carbocycles. The first-order valence-electron chi connectivity index (χ1n) is 10.9. The van der Waals surface area contributed by atoms with Crippen LogP contribution in [0.15, 0.2) is 52.2 Å². The van der Waals surface area contributed by atoms with Crippen molar-refractivity contribution < 1.29 is 18.7 Å². The van der Waals surface area contributed by atoms with Crippen LogP contribution in [0.5, 0.6) is 5.75 Å². The molecular weight excluding hydrogens is 444 g/mol. The number of piperazine rings is 1. The van der Waals surface area contributed by atoms with Gasteiger partial charge in [0.1, 0.15) is 17.6 Å². The first-order valence-corrected chi connectivity index (χ1v) is 11.9. The van der Waals surface area contributed by atoms with E-state index in [9.17, 15) is 9.59 Å². The fraction of sp³-hybridized carbons (Fsp3) is 0.409. The van der Waals surface area contributed by atoms with Gasteiger partial charge in [0.2, 0.25) is 5.91 Å². The highest BCUT2D eigenvalue weighted by Gasteiger charge is 2.43. The number of furan rings is 1. The summed E-state index contributed by atoms with van der Waals surface area (Å²) in [6.45, 7) is 2.78. The van der Waals surface area contributed by atoms with E-state index in [0.717, 1.165) is 30.3 Å². The maximum absolute atomic E-state index is 12.9. The lowest BCUT2D eigenvalue weighted by Gasteiger charge is -2.36. The molecule has 2 fully saturated rings. The number of ether oxygens (including phenoxy) is 1. The quantitative estimate of drug-likeness (QED) is 0.676. The summed E-state index contributed by atoms with van der Waals surface area (Å²) in [4.78, 5) is 29.3. The van der Waals surface area contributed by atoms with Crippen molar-refractivity contribution >= 4 is 34.4 Å². The van der Waals surface area contributed by atoms with Gasteiger partial charge in [-0.3, -0.25) is 14.6 Å².